The highest BCUT2D eigenvalue weighted by molar-refractivity contribution is 7.18. The smallest absolute Gasteiger partial charge is 0.183 e. The summed E-state index contributed by atoms with van der Waals surface area (Å²) in [4.78, 5) is 20.1. The van der Waals surface area contributed by atoms with Gasteiger partial charge < -0.3 is 10.1 Å². The molecule has 0 saturated carbocycles. The first-order valence-corrected chi connectivity index (χ1v) is 10.0. The largest absolute Gasteiger partial charge is 0.495 e. The summed E-state index contributed by atoms with van der Waals surface area (Å²) in [7, 11) is 1.60. The molecule has 1 aromatic carbocycles. The van der Waals surface area contributed by atoms with Crippen LogP contribution >= 0.6 is 22.9 Å². The molecule has 0 bridgehead atoms. The van der Waals surface area contributed by atoms with E-state index in [0.29, 0.717) is 28.8 Å². The van der Waals surface area contributed by atoms with Crippen LogP contribution in [0.25, 0.3) is 21.7 Å². The molecule has 4 aromatic rings. The summed E-state index contributed by atoms with van der Waals surface area (Å²) in [6.07, 6.45) is 5.90. The van der Waals surface area contributed by atoms with Crippen LogP contribution < -0.4 is 10.1 Å². The number of fused-ring (bicyclic) bond motifs is 1. The molecule has 3 heterocycles. The predicted molar refractivity (Wildman–Crippen MR) is 113 cm³/mol. The molecule has 8 heteroatoms. The molecule has 0 unspecified atom stereocenters. The summed E-state index contributed by atoms with van der Waals surface area (Å²) in [5, 5.41) is 5.01. The van der Waals surface area contributed by atoms with Gasteiger partial charge >= 0.3 is 0 Å². The molecule has 1 N–H and O–H groups in total. The van der Waals surface area contributed by atoms with Gasteiger partial charge in [-0.3, -0.25) is 4.98 Å². The van der Waals surface area contributed by atoms with Gasteiger partial charge in [-0.15, -0.1) is 11.3 Å². The van der Waals surface area contributed by atoms with E-state index in [1.807, 2.05) is 18.2 Å². The maximum absolute atomic E-state index is 6.24. The van der Waals surface area contributed by atoms with Gasteiger partial charge in [-0.05, 0) is 30.2 Å². The Kier molecular flexibility index (Phi) is 5.36. The lowest BCUT2D eigenvalue weighted by Crippen LogP contribution is -2.04. The van der Waals surface area contributed by atoms with Crippen molar-refractivity contribution in [3.8, 4) is 17.3 Å². The zero-order valence-electron chi connectivity index (χ0n) is 15.4. The van der Waals surface area contributed by atoms with Crippen molar-refractivity contribution in [3.05, 3.63) is 58.3 Å². The summed E-state index contributed by atoms with van der Waals surface area (Å²) in [6.45, 7) is 2.71. The molecule has 0 aliphatic rings. The van der Waals surface area contributed by atoms with Crippen molar-refractivity contribution in [1.82, 2.24) is 19.9 Å². The second-order valence-corrected chi connectivity index (χ2v) is 7.62. The third kappa shape index (κ3) is 3.76. The van der Waals surface area contributed by atoms with Crippen LogP contribution in [0.2, 0.25) is 5.02 Å². The third-order valence-electron chi connectivity index (χ3n) is 4.26. The zero-order chi connectivity index (χ0) is 19.5. The molecule has 142 valence electrons. The number of thiophene rings is 1. The lowest BCUT2D eigenvalue weighted by Gasteiger charge is -2.10. The van der Waals surface area contributed by atoms with Crippen molar-refractivity contribution in [2.75, 3.05) is 12.4 Å². The monoisotopic (exact) mass is 411 g/mol. The van der Waals surface area contributed by atoms with Crippen LogP contribution in [0.4, 0.5) is 5.82 Å². The van der Waals surface area contributed by atoms with E-state index in [-0.39, 0.29) is 0 Å². The number of methoxy groups -OCH3 is 1. The molecule has 0 spiro atoms. The van der Waals surface area contributed by atoms with Crippen LogP contribution in [0, 0.1) is 0 Å². The molecule has 0 amide bonds. The minimum atomic E-state index is 0.556. The number of nitrogens with zero attached hydrogens (tertiary/aromatic N) is 4. The Balaban J connectivity index is 1.70. The Morgan fingerprint density at radius 1 is 1.18 bits per heavy atom. The summed E-state index contributed by atoms with van der Waals surface area (Å²) in [5.74, 6) is 1.99. The van der Waals surface area contributed by atoms with Gasteiger partial charge in [0.15, 0.2) is 5.82 Å². The molecular formula is C20H18ClN5OS. The maximum atomic E-state index is 6.24. The predicted octanol–water partition coefficient (Wildman–Crippen LogP) is 4.98. The topological polar surface area (TPSA) is 72.8 Å². The SMILES string of the molecule is CCc1cc2c(NCc3ccc(OC)c(Cl)c3)nc(-c3cnccn3)nc2s1. The molecular weight excluding hydrogens is 394 g/mol. The van der Waals surface area contributed by atoms with Crippen molar-refractivity contribution >= 4 is 39.0 Å². The Labute approximate surface area is 171 Å². The third-order valence-corrected chi connectivity index (χ3v) is 5.73. The number of hydrogen-bond acceptors (Lipinski definition) is 7. The lowest BCUT2D eigenvalue weighted by molar-refractivity contribution is 0.415. The number of aromatic nitrogens is 4. The molecule has 0 fully saturated rings. The van der Waals surface area contributed by atoms with Crippen molar-refractivity contribution in [2.24, 2.45) is 0 Å². The van der Waals surface area contributed by atoms with E-state index in [2.05, 4.69) is 28.3 Å². The number of ether oxygens (including phenoxy) is 1. The van der Waals surface area contributed by atoms with Crippen LogP contribution in [-0.4, -0.2) is 27.0 Å². The average molecular weight is 412 g/mol. The zero-order valence-corrected chi connectivity index (χ0v) is 17.0. The Hall–Kier alpha value is -2.77. The molecule has 3 aromatic heterocycles. The minimum Gasteiger partial charge on any atom is -0.495 e. The van der Waals surface area contributed by atoms with Crippen molar-refractivity contribution in [2.45, 2.75) is 19.9 Å². The average Bonchev–Trinajstić information content (AvgIpc) is 3.16. The molecule has 0 aliphatic carbocycles. The first-order valence-electron chi connectivity index (χ1n) is 8.81. The molecule has 28 heavy (non-hydrogen) atoms. The maximum Gasteiger partial charge on any atom is 0.183 e. The van der Waals surface area contributed by atoms with Gasteiger partial charge in [-0.25, -0.2) is 15.0 Å². The fourth-order valence-electron chi connectivity index (χ4n) is 2.82. The second kappa shape index (κ2) is 8.08. The van der Waals surface area contributed by atoms with E-state index in [9.17, 15) is 0 Å². The van der Waals surface area contributed by atoms with Gasteiger partial charge in [-0.2, -0.15) is 0 Å². The Morgan fingerprint density at radius 2 is 2.07 bits per heavy atom. The fraction of sp³-hybridized carbons (Fsp3) is 0.200. The Bertz CT molecular complexity index is 1120. The van der Waals surface area contributed by atoms with Gasteiger partial charge in [0.2, 0.25) is 0 Å². The first-order chi connectivity index (χ1) is 13.7. The van der Waals surface area contributed by atoms with Gasteiger partial charge in [0.1, 0.15) is 22.1 Å². The van der Waals surface area contributed by atoms with E-state index in [1.54, 1.807) is 37.0 Å². The molecule has 0 aliphatic heterocycles. The van der Waals surface area contributed by atoms with Crippen molar-refractivity contribution in [1.29, 1.82) is 0 Å². The van der Waals surface area contributed by atoms with Crippen LogP contribution in [0.3, 0.4) is 0 Å². The summed E-state index contributed by atoms with van der Waals surface area (Å²) in [5.41, 5.74) is 1.68. The fourth-order valence-corrected chi connectivity index (χ4v) is 4.06. The summed E-state index contributed by atoms with van der Waals surface area (Å²) < 4.78 is 5.22. The van der Waals surface area contributed by atoms with Gasteiger partial charge in [0.25, 0.3) is 0 Å². The normalized spacial score (nSPS) is 11.0. The van der Waals surface area contributed by atoms with E-state index in [1.165, 1.54) is 4.88 Å². The summed E-state index contributed by atoms with van der Waals surface area (Å²) >= 11 is 7.91. The van der Waals surface area contributed by atoms with E-state index >= 15 is 0 Å². The quantitative estimate of drug-likeness (QED) is 0.482. The highest BCUT2D eigenvalue weighted by Gasteiger charge is 2.14. The van der Waals surface area contributed by atoms with E-state index < -0.39 is 0 Å². The lowest BCUT2D eigenvalue weighted by atomic mass is 10.2. The van der Waals surface area contributed by atoms with Gasteiger partial charge in [-0.1, -0.05) is 24.6 Å². The van der Waals surface area contributed by atoms with Gasteiger partial charge in [0, 0.05) is 23.8 Å². The van der Waals surface area contributed by atoms with Crippen LogP contribution in [0.15, 0.2) is 42.9 Å². The number of nitrogens with one attached hydrogen (secondary N) is 1. The van der Waals surface area contributed by atoms with E-state index in [0.717, 1.165) is 28.0 Å². The molecule has 6 nitrogen and oxygen atoms in total. The highest BCUT2D eigenvalue weighted by atomic mass is 35.5. The van der Waals surface area contributed by atoms with Crippen molar-refractivity contribution in [3.63, 3.8) is 0 Å². The number of hydrogen-bond donors (Lipinski definition) is 1. The first kappa shape index (κ1) is 18.6. The number of aryl methyl sites for hydroxylation is 1. The van der Waals surface area contributed by atoms with Crippen LogP contribution in [0.1, 0.15) is 17.4 Å². The number of rotatable bonds is 6. The molecule has 4 rings (SSSR count). The van der Waals surface area contributed by atoms with Crippen molar-refractivity contribution < 1.29 is 4.74 Å². The number of benzene rings is 1. The molecule has 0 saturated heterocycles. The van der Waals surface area contributed by atoms with Gasteiger partial charge in [0.05, 0.1) is 23.7 Å². The minimum absolute atomic E-state index is 0.556. The highest BCUT2D eigenvalue weighted by Crippen LogP contribution is 2.32. The summed E-state index contributed by atoms with van der Waals surface area (Å²) in [6, 6.07) is 7.87. The molecule has 0 atom stereocenters. The van der Waals surface area contributed by atoms with Crippen LogP contribution in [0.5, 0.6) is 5.75 Å². The second-order valence-electron chi connectivity index (χ2n) is 6.09. The number of anilines is 1. The standard InChI is InChI=1S/C20H18ClN5OS/c1-3-13-9-14-18(24-10-12-4-5-17(27-2)15(21)8-12)25-19(26-20(14)28-13)16-11-22-6-7-23-16/h4-9,11H,3,10H2,1-2H3,(H,24,25,26). The van der Waals surface area contributed by atoms with Crippen LogP contribution in [-0.2, 0) is 13.0 Å². The van der Waals surface area contributed by atoms with E-state index in [4.69, 9.17) is 26.3 Å². The molecule has 0 radical (unpaired) electrons. The Morgan fingerprint density at radius 3 is 2.79 bits per heavy atom. The number of halogens is 1.